The maximum absolute atomic E-state index is 10.5. The third kappa shape index (κ3) is 3.05. The summed E-state index contributed by atoms with van der Waals surface area (Å²) < 4.78 is 11.3. The number of aliphatic hydroxyl groups is 1. The summed E-state index contributed by atoms with van der Waals surface area (Å²) in [4.78, 5) is 1.08. The van der Waals surface area contributed by atoms with Gasteiger partial charge in [0.25, 0.3) is 0 Å². The van der Waals surface area contributed by atoms with Crippen molar-refractivity contribution in [3.8, 4) is 11.5 Å². The van der Waals surface area contributed by atoms with Gasteiger partial charge in [-0.25, -0.2) is 0 Å². The molecule has 0 spiro atoms. The first kappa shape index (κ1) is 14.0. The number of hydrogen-bond acceptors (Lipinski definition) is 5. The summed E-state index contributed by atoms with van der Waals surface area (Å²) in [5, 5.41) is 10.5. The molecule has 3 N–H and O–H groups in total. The topological polar surface area (TPSA) is 64.7 Å². The van der Waals surface area contributed by atoms with Crippen molar-refractivity contribution in [2.75, 3.05) is 25.5 Å². The van der Waals surface area contributed by atoms with Gasteiger partial charge in [-0.3, -0.25) is 0 Å². The average Bonchev–Trinajstić information content (AvgIpc) is 3.30. The molecular formula is C15H21NO3S. The van der Waals surface area contributed by atoms with Crippen molar-refractivity contribution in [2.24, 2.45) is 11.7 Å². The number of rotatable bonds is 5. The van der Waals surface area contributed by atoms with Gasteiger partial charge in [-0.05, 0) is 37.0 Å². The Morgan fingerprint density at radius 2 is 2.00 bits per heavy atom. The average molecular weight is 295 g/mol. The van der Waals surface area contributed by atoms with Crippen LogP contribution in [0.2, 0.25) is 0 Å². The Kier molecular flexibility index (Phi) is 4.10. The van der Waals surface area contributed by atoms with E-state index in [1.54, 1.807) is 11.8 Å². The van der Waals surface area contributed by atoms with Gasteiger partial charge < -0.3 is 20.3 Å². The normalized spacial score (nSPS) is 21.1. The molecular weight excluding hydrogens is 274 g/mol. The third-order valence-corrected chi connectivity index (χ3v) is 5.13. The smallest absolute Gasteiger partial charge is 0.162 e. The quantitative estimate of drug-likeness (QED) is 0.814. The first-order valence-electron chi connectivity index (χ1n) is 7.16. The molecule has 1 saturated carbocycles. The van der Waals surface area contributed by atoms with Crippen LogP contribution < -0.4 is 15.2 Å². The molecule has 1 aliphatic carbocycles. The van der Waals surface area contributed by atoms with Gasteiger partial charge in [0.1, 0.15) is 0 Å². The Hall–Kier alpha value is -0.910. The molecule has 1 fully saturated rings. The lowest BCUT2D eigenvalue weighted by atomic mass is 10.0. The molecule has 2 aliphatic rings. The molecule has 0 radical (unpaired) electrons. The van der Waals surface area contributed by atoms with E-state index in [0.29, 0.717) is 31.4 Å². The van der Waals surface area contributed by atoms with Crippen molar-refractivity contribution in [2.45, 2.75) is 29.8 Å². The van der Waals surface area contributed by atoms with Gasteiger partial charge in [0.15, 0.2) is 11.5 Å². The van der Waals surface area contributed by atoms with Gasteiger partial charge in [0, 0.05) is 23.6 Å². The van der Waals surface area contributed by atoms with Crippen molar-refractivity contribution in [3.05, 3.63) is 18.2 Å². The zero-order valence-electron chi connectivity index (χ0n) is 11.5. The number of benzene rings is 1. The second kappa shape index (κ2) is 5.84. The zero-order valence-corrected chi connectivity index (χ0v) is 12.3. The highest BCUT2D eigenvalue weighted by molar-refractivity contribution is 7.99. The summed E-state index contributed by atoms with van der Waals surface area (Å²) in [7, 11) is 0. The lowest BCUT2D eigenvalue weighted by molar-refractivity contribution is 0.0510. The summed E-state index contributed by atoms with van der Waals surface area (Å²) in [5.41, 5.74) is 5.01. The molecule has 4 nitrogen and oxygen atoms in total. The van der Waals surface area contributed by atoms with Gasteiger partial charge in [0.2, 0.25) is 0 Å². The number of nitrogens with two attached hydrogens (primary N) is 1. The monoisotopic (exact) mass is 295 g/mol. The van der Waals surface area contributed by atoms with Crippen LogP contribution in [0.5, 0.6) is 11.5 Å². The molecule has 3 rings (SSSR count). The number of ether oxygens (including phenoxy) is 2. The van der Waals surface area contributed by atoms with Crippen molar-refractivity contribution in [1.82, 2.24) is 0 Å². The fourth-order valence-corrected chi connectivity index (χ4v) is 3.53. The first-order chi connectivity index (χ1) is 9.71. The Morgan fingerprint density at radius 3 is 2.70 bits per heavy atom. The van der Waals surface area contributed by atoms with Crippen LogP contribution in [-0.2, 0) is 0 Å². The molecule has 110 valence electrons. The maximum Gasteiger partial charge on any atom is 0.162 e. The molecule has 1 atom stereocenters. The van der Waals surface area contributed by atoms with Crippen molar-refractivity contribution in [3.63, 3.8) is 0 Å². The molecule has 0 aromatic heterocycles. The first-order valence-corrected chi connectivity index (χ1v) is 8.15. The summed E-state index contributed by atoms with van der Waals surface area (Å²) in [6, 6.07) is 5.96. The van der Waals surface area contributed by atoms with Gasteiger partial charge in [-0.1, -0.05) is 0 Å². The third-order valence-electron chi connectivity index (χ3n) is 3.90. The van der Waals surface area contributed by atoms with E-state index in [1.165, 1.54) is 0 Å². The zero-order chi connectivity index (χ0) is 14.0. The predicted octanol–water partition coefficient (Wildman–Crippen LogP) is 2.04. The van der Waals surface area contributed by atoms with Crippen molar-refractivity contribution >= 4 is 11.8 Å². The number of fused-ring (bicyclic) bond motifs is 1. The van der Waals surface area contributed by atoms with Crippen LogP contribution in [0.4, 0.5) is 0 Å². The largest absolute Gasteiger partial charge is 0.490 e. The van der Waals surface area contributed by atoms with E-state index in [9.17, 15) is 5.11 Å². The second-order valence-electron chi connectivity index (χ2n) is 5.53. The van der Waals surface area contributed by atoms with Crippen LogP contribution in [0.25, 0.3) is 0 Å². The van der Waals surface area contributed by atoms with Crippen LogP contribution in [0.3, 0.4) is 0 Å². The van der Waals surface area contributed by atoms with E-state index < -0.39 is 5.60 Å². The number of hydrogen-bond donors (Lipinski definition) is 2. The van der Waals surface area contributed by atoms with Crippen LogP contribution in [0.1, 0.15) is 19.3 Å². The van der Waals surface area contributed by atoms with E-state index in [1.807, 2.05) is 18.2 Å². The number of thioether (sulfide) groups is 1. The summed E-state index contributed by atoms with van der Waals surface area (Å²) >= 11 is 1.63. The fraction of sp³-hybridized carbons (Fsp3) is 0.600. The molecule has 1 unspecified atom stereocenters. The van der Waals surface area contributed by atoms with Gasteiger partial charge >= 0.3 is 0 Å². The lowest BCUT2D eigenvalue weighted by Crippen LogP contribution is -2.42. The standard InChI is InChI=1S/C15H21NO3S/c16-9-15(17,11-2-3-11)10-20-12-4-5-13-14(8-12)19-7-1-6-18-13/h4-5,8,11,17H,1-3,6-7,9-10,16H2. The highest BCUT2D eigenvalue weighted by atomic mass is 32.2. The van der Waals surface area contributed by atoms with Crippen LogP contribution in [0.15, 0.2) is 23.1 Å². The molecule has 0 saturated heterocycles. The fourth-order valence-electron chi connectivity index (χ4n) is 2.41. The Bertz CT molecular complexity index is 478. The van der Waals surface area contributed by atoms with Crippen molar-refractivity contribution in [1.29, 1.82) is 0 Å². The van der Waals surface area contributed by atoms with Gasteiger partial charge in [-0.2, -0.15) is 0 Å². The van der Waals surface area contributed by atoms with E-state index in [0.717, 1.165) is 35.7 Å². The minimum Gasteiger partial charge on any atom is -0.490 e. The highest BCUT2D eigenvalue weighted by Crippen LogP contribution is 2.42. The van der Waals surface area contributed by atoms with Crippen LogP contribution in [0, 0.1) is 5.92 Å². The molecule has 1 aromatic carbocycles. The van der Waals surface area contributed by atoms with Gasteiger partial charge in [0.05, 0.1) is 18.8 Å². The van der Waals surface area contributed by atoms with Crippen LogP contribution in [-0.4, -0.2) is 36.2 Å². The summed E-state index contributed by atoms with van der Waals surface area (Å²) in [6.07, 6.45) is 3.09. The molecule has 5 heteroatoms. The predicted molar refractivity (Wildman–Crippen MR) is 79.5 cm³/mol. The van der Waals surface area contributed by atoms with E-state index in [4.69, 9.17) is 15.2 Å². The highest BCUT2D eigenvalue weighted by Gasteiger charge is 2.42. The van der Waals surface area contributed by atoms with E-state index in [-0.39, 0.29) is 0 Å². The molecule has 0 bridgehead atoms. The van der Waals surface area contributed by atoms with E-state index in [2.05, 4.69) is 0 Å². The molecule has 1 heterocycles. The van der Waals surface area contributed by atoms with E-state index >= 15 is 0 Å². The Labute approximate surface area is 123 Å². The maximum atomic E-state index is 10.5. The molecule has 20 heavy (non-hydrogen) atoms. The Morgan fingerprint density at radius 1 is 1.25 bits per heavy atom. The van der Waals surface area contributed by atoms with Gasteiger partial charge in [-0.15, -0.1) is 11.8 Å². The SMILES string of the molecule is NCC(O)(CSc1ccc2c(c1)OCCCO2)C1CC1. The second-order valence-corrected chi connectivity index (χ2v) is 6.58. The molecule has 1 aromatic rings. The summed E-state index contributed by atoms with van der Waals surface area (Å²) in [6.45, 7) is 1.72. The summed E-state index contributed by atoms with van der Waals surface area (Å²) in [5.74, 6) is 2.62. The van der Waals surface area contributed by atoms with Crippen LogP contribution >= 0.6 is 11.8 Å². The lowest BCUT2D eigenvalue weighted by Gasteiger charge is -2.26. The minimum absolute atomic E-state index is 0.329. The minimum atomic E-state index is -0.727. The van der Waals surface area contributed by atoms with Crippen molar-refractivity contribution < 1.29 is 14.6 Å². The molecule has 0 amide bonds. The molecule has 1 aliphatic heterocycles. The Balaban J connectivity index is 1.67.